The molecule has 0 atom stereocenters. The van der Waals surface area contributed by atoms with Gasteiger partial charge in [-0.3, -0.25) is 4.57 Å². The molecule has 90 valence electrons. The minimum Gasteiger partial charge on any atom is -0.425 e. The van der Waals surface area contributed by atoms with E-state index in [-0.39, 0.29) is 0 Å². The highest BCUT2D eigenvalue weighted by molar-refractivity contribution is 9.10. The summed E-state index contributed by atoms with van der Waals surface area (Å²) in [6, 6.07) is 8.84. The molecule has 0 N–H and O–H groups in total. The molecule has 2 rings (SSSR count). The first kappa shape index (κ1) is 12.2. The van der Waals surface area contributed by atoms with Crippen LogP contribution in [0.5, 0.6) is 11.8 Å². The number of halogens is 1. The summed E-state index contributed by atoms with van der Waals surface area (Å²) >= 11 is 3.47. The first-order chi connectivity index (χ1) is 8.08. The fraction of sp³-hybridized carbons (Fsp3) is 0.308. The predicted octanol–water partition coefficient (Wildman–Crippen LogP) is 4.33. The van der Waals surface area contributed by atoms with E-state index in [2.05, 4.69) is 34.8 Å². The zero-order valence-corrected chi connectivity index (χ0v) is 11.7. The fourth-order valence-electron chi connectivity index (χ4n) is 1.65. The molecule has 2 aromatic rings. The van der Waals surface area contributed by atoms with Gasteiger partial charge in [-0.1, -0.05) is 12.1 Å². The number of aromatic nitrogens is 2. The van der Waals surface area contributed by atoms with Crippen LogP contribution < -0.4 is 4.74 Å². The lowest BCUT2D eigenvalue weighted by Crippen LogP contribution is -2.03. The Kier molecular flexibility index (Phi) is 3.52. The van der Waals surface area contributed by atoms with Crippen molar-refractivity contribution in [2.45, 2.75) is 26.8 Å². The molecule has 0 spiro atoms. The number of rotatable bonds is 3. The second kappa shape index (κ2) is 4.92. The monoisotopic (exact) mass is 294 g/mol. The highest BCUT2D eigenvalue weighted by atomic mass is 79.9. The molecule has 0 aliphatic rings. The maximum absolute atomic E-state index is 5.79. The average Bonchev–Trinajstić information content (AvgIpc) is 2.59. The molecule has 1 heterocycles. The Morgan fingerprint density at radius 3 is 2.76 bits per heavy atom. The molecule has 4 heteroatoms. The summed E-state index contributed by atoms with van der Waals surface area (Å²) in [7, 11) is 0. The zero-order chi connectivity index (χ0) is 12.4. The molecule has 0 saturated heterocycles. The number of ether oxygens (including phenoxy) is 1. The van der Waals surface area contributed by atoms with Crippen molar-refractivity contribution in [2.75, 3.05) is 0 Å². The molecule has 3 nitrogen and oxygen atoms in total. The minimum absolute atomic E-state index is 0.298. The van der Waals surface area contributed by atoms with Crippen LogP contribution in [-0.4, -0.2) is 9.55 Å². The van der Waals surface area contributed by atoms with Crippen molar-refractivity contribution in [2.24, 2.45) is 0 Å². The number of nitrogens with zero attached hydrogens (tertiary/aromatic N) is 2. The summed E-state index contributed by atoms with van der Waals surface area (Å²) in [6.07, 6.45) is 1.76. The second-order valence-corrected chi connectivity index (χ2v) is 5.06. The van der Waals surface area contributed by atoms with E-state index in [1.54, 1.807) is 6.20 Å². The van der Waals surface area contributed by atoms with Crippen molar-refractivity contribution in [3.05, 3.63) is 40.6 Å². The molecule has 1 aromatic carbocycles. The fourth-order valence-corrected chi connectivity index (χ4v) is 2.32. The smallest absolute Gasteiger partial charge is 0.302 e. The number of hydrogen-bond acceptors (Lipinski definition) is 2. The van der Waals surface area contributed by atoms with E-state index in [1.807, 2.05) is 35.8 Å². The maximum atomic E-state index is 5.79. The van der Waals surface area contributed by atoms with Crippen LogP contribution in [0.15, 0.2) is 35.1 Å². The average molecular weight is 295 g/mol. The topological polar surface area (TPSA) is 27.1 Å². The van der Waals surface area contributed by atoms with Crippen LogP contribution in [0.4, 0.5) is 0 Å². The van der Waals surface area contributed by atoms with E-state index >= 15 is 0 Å². The third-order valence-electron chi connectivity index (χ3n) is 2.43. The van der Waals surface area contributed by atoms with Crippen molar-refractivity contribution >= 4 is 15.9 Å². The van der Waals surface area contributed by atoms with Gasteiger partial charge in [-0.25, -0.2) is 4.98 Å². The Balaban J connectivity index is 2.30. The molecule has 0 saturated carbocycles. The summed E-state index contributed by atoms with van der Waals surface area (Å²) in [6.45, 7) is 6.22. The summed E-state index contributed by atoms with van der Waals surface area (Å²) in [5.41, 5.74) is 1.17. The van der Waals surface area contributed by atoms with Crippen molar-refractivity contribution < 1.29 is 4.74 Å². The van der Waals surface area contributed by atoms with E-state index < -0.39 is 0 Å². The second-order valence-electron chi connectivity index (χ2n) is 4.25. The van der Waals surface area contributed by atoms with Crippen LogP contribution in [0.25, 0.3) is 0 Å². The van der Waals surface area contributed by atoms with E-state index in [0.717, 1.165) is 10.4 Å². The van der Waals surface area contributed by atoms with E-state index in [9.17, 15) is 0 Å². The van der Waals surface area contributed by atoms with Crippen molar-refractivity contribution in [1.82, 2.24) is 9.55 Å². The van der Waals surface area contributed by atoms with Gasteiger partial charge in [-0.15, -0.1) is 0 Å². The molecule has 0 bridgehead atoms. The number of hydrogen-bond donors (Lipinski definition) is 0. The molecule has 0 aliphatic heterocycles. The lowest BCUT2D eigenvalue weighted by molar-refractivity contribution is 0.393. The highest BCUT2D eigenvalue weighted by Gasteiger charge is 2.12. The van der Waals surface area contributed by atoms with Crippen LogP contribution in [0.1, 0.15) is 25.5 Å². The molecular weight excluding hydrogens is 280 g/mol. The summed E-state index contributed by atoms with van der Waals surface area (Å²) < 4.78 is 8.72. The molecule has 17 heavy (non-hydrogen) atoms. The van der Waals surface area contributed by atoms with Crippen LogP contribution in [0.3, 0.4) is 0 Å². The molecule has 0 aliphatic carbocycles. The van der Waals surface area contributed by atoms with Crippen LogP contribution in [0.2, 0.25) is 0 Å². The molecular formula is C13H15BrN2O. The first-order valence-corrected chi connectivity index (χ1v) is 6.34. The van der Waals surface area contributed by atoms with Crippen molar-refractivity contribution in [3.8, 4) is 11.8 Å². The molecule has 1 aromatic heterocycles. The summed E-state index contributed by atoms with van der Waals surface area (Å²) in [5.74, 6) is 0.810. The molecule has 0 amide bonds. The van der Waals surface area contributed by atoms with Gasteiger partial charge in [-0.05, 0) is 54.4 Å². The standard InChI is InChI=1S/C13H15BrN2O/c1-9(2)16-12(14)8-15-13(16)17-11-6-4-5-10(3)7-11/h4-9H,1-3H3. The normalized spacial score (nSPS) is 10.9. The Bertz CT molecular complexity index is 520. The van der Waals surface area contributed by atoms with Gasteiger partial charge in [0.2, 0.25) is 0 Å². The predicted molar refractivity (Wildman–Crippen MR) is 71.6 cm³/mol. The minimum atomic E-state index is 0.298. The van der Waals surface area contributed by atoms with Gasteiger partial charge >= 0.3 is 6.01 Å². The van der Waals surface area contributed by atoms with Gasteiger partial charge in [0.15, 0.2) is 0 Å². The Labute approximate surface area is 110 Å². The molecule has 0 fully saturated rings. The van der Waals surface area contributed by atoms with Gasteiger partial charge < -0.3 is 4.74 Å². The maximum Gasteiger partial charge on any atom is 0.302 e. The van der Waals surface area contributed by atoms with Gasteiger partial charge in [0.05, 0.1) is 6.20 Å². The number of aryl methyl sites for hydroxylation is 1. The Morgan fingerprint density at radius 2 is 2.12 bits per heavy atom. The number of imidazole rings is 1. The van der Waals surface area contributed by atoms with E-state index in [1.165, 1.54) is 5.56 Å². The van der Waals surface area contributed by atoms with Crippen molar-refractivity contribution in [1.29, 1.82) is 0 Å². The lowest BCUT2D eigenvalue weighted by Gasteiger charge is -2.13. The summed E-state index contributed by atoms with van der Waals surface area (Å²) in [5, 5.41) is 0. The number of benzene rings is 1. The zero-order valence-electron chi connectivity index (χ0n) is 10.1. The SMILES string of the molecule is Cc1cccc(Oc2ncc(Br)n2C(C)C)c1. The molecule has 0 unspecified atom stereocenters. The van der Waals surface area contributed by atoms with E-state index in [0.29, 0.717) is 12.1 Å². The van der Waals surface area contributed by atoms with Crippen LogP contribution >= 0.6 is 15.9 Å². The largest absolute Gasteiger partial charge is 0.425 e. The third-order valence-corrected chi connectivity index (χ3v) is 3.02. The van der Waals surface area contributed by atoms with Gasteiger partial charge in [0.1, 0.15) is 10.4 Å². The highest BCUT2D eigenvalue weighted by Crippen LogP contribution is 2.27. The van der Waals surface area contributed by atoms with Gasteiger partial charge in [0.25, 0.3) is 0 Å². The quantitative estimate of drug-likeness (QED) is 0.842. The third kappa shape index (κ3) is 2.69. The summed E-state index contributed by atoms with van der Waals surface area (Å²) in [4.78, 5) is 4.26. The Hall–Kier alpha value is -1.29. The van der Waals surface area contributed by atoms with E-state index in [4.69, 9.17) is 4.74 Å². The Morgan fingerprint density at radius 1 is 1.35 bits per heavy atom. The lowest BCUT2D eigenvalue weighted by atomic mass is 10.2. The van der Waals surface area contributed by atoms with Crippen LogP contribution in [-0.2, 0) is 0 Å². The van der Waals surface area contributed by atoms with Gasteiger partial charge in [-0.2, -0.15) is 0 Å². The van der Waals surface area contributed by atoms with Crippen LogP contribution in [0, 0.1) is 6.92 Å². The first-order valence-electron chi connectivity index (χ1n) is 5.55. The van der Waals surface area contributed by atoms with Crippen molar-refractivity contribution in [3.63, 3.8) is 0 Å². The van der Waals surface area contributed by atoms with Gasteiger partial charge in [0, 0.05) is 6.04 Å². The molecule has 0 radical (unpaired) electrons.